The molecule has 2 aromatic carbocycles. The Labute approximate surface area is 164 Å². The monoisotopic (exact) mass is 383 g/mol. The lowest BCUT2D eigenvalue weighted by Crippen LogP contribution is -2.44. The smallest absolute Gasteiger partial charge is 0.423 e. The second-order valence-electron chi connectivity index (χ2n) is 7.71. The van der Waals surface area contributed by atoms with Crippen molar-refractivity contribution < 1.29 is 14.8 Å². The van der Waals surface area contributed by atoms with Crippen molar-refractivity contribution in [1.29, 1.82) is 0 Å². The largest absolute Gasteiger partial charge is 0.488 e. The molecule has 1 aliphatic heterocycles. The first kappa shape index (κ1) is 18.5. The molecule has 0 aromatic heterocycles. The summed E-state index contributed by atoms with van der Waals surface area (Å²) < 4.78 is 0. The zero-order valence-corrected chi connectivity index (χ0v) is 16.1. The van der Waals surface area contributed by atoms with Crippen LogP contribution in [0.1, 0.15) is 48.8 Å². The number of amides is 1. The first-order valence-corrected chi connectivity index (χ1v) is 9.91. The van der Waals surface area contributed by atoms with Gasteiger partial charge in [-0.1, -0.05) is 67.3 Å². The molecule has 2 aliphatic rings. The Morgan fingerprint density at radius 2 is 1.74 bits per heavy atom. The summed E-state index contributed by atoms with van der Waals surface area (Å²) in [5.74, 6) is 0.158. The predicted molar refractivity (Wildman–Crippen MR) is 108 cm³/mol. The SMILES string of the molecule is Cc1ccc2c(c1Cl)NC(=O)C2(c1ccc(B(O)O)cc1)C1CCCCC1. The molecule has 4 rings (SSSR count). The summed E-state index contributed by atoms with van der Waals surface area (Å²) in [6.07, 6.45) is 5.40. The van der Waals surface area contributed by atoms with Gasteiger partial charge in [-0.15, -0.1) is 0 Å². The number of carbonyl (C=O) groups excluding carboxylic acids is 1. The molecule has 1 amide bonds. The zero-order valence-electron chi connectivity index (χ0n) is 15.3. The van der Waals surface area contributed by atoms with Crippen molar-refractivity contribution in [1.82, 2.24) is 0 Å². The fraction of sp³-hybridized carbons (Fsp3) is 0.381. The lowest BCUT2D eigenvalue weighted by Gasteiger charge is -2.39. The highest BCUT2D eigenvalue weighted by molar-refractivity contribution is 6.58. The Bertz CT molecular complexity index is 878. The van der Waals surface area contributed by atoms with Crippen LogP contribution in [0.4, 0.5) is 5.69 Å². The highest BCUT2D eigenvalue weighted by Crippen LogP contribution is 2.53. The summed E-state index contributed by atoms with van der Waals surface area (Å²) in [6, 6.07) is 11.1. The van der Waals surface area contributed by atoms with Gasteiger partial charge in [-0.2, -0.15) is 0 Å². The molecule has 1 fully saturated rings. The van der Waals surface area contributed by atoms with Crippen LogP contribution in [0.2, 0.25) is 5.02 Å². The normalized spacial score (nSPS) is 22.4. The number of hydrogen-bond donors (Lipinski definition) is 3. The molecular weight excluding hydrogens is 361 g/mol. The number of rotatable bonds is 3. The van der Waals surface area contributed by atoms with Gasteiger partial charge in [0.05, 0.1) is 10.7 Å². The molecule has 140 valence electrons. The zero-order chi connectivity index (χ0) is 19.2. The van der Waals surface area contributed by atoms with Gasteiger partial charge in [-0.3, -0.25) is 4.79 Å². The third-order valence-corrected chi connectivity index (χ3v) is 6.73. The molecule has 0 bridgehead atoms. The van der Waals surface area contributed by atoms with E-state index in [1.165, 1.54) is 6.42 Å². The van der Waals surface area contributed by atoms with Crippen LogP contribution in [-0.4, -0.2) is 23.1 Å². The van der Waals surface area contributed by atoms with Crippen molar-refractivity contribution in [3.05, 3.63) is 58.1 Å². The molecule has 0 saturated heterocycles. The van der Waals surface area contributed by atoms with Crippen molar-refractivity contribution in [2.75, 3.05) is 5.32 Å². The van der Waals surface area contributed by atoms with E-state index in [9.17, 15) is 14.8 Å². The van der Waals surface area contributed by atoms with E-state index in [0.717, 1.165) is 48.1 Å². The van der Waals surface area contributed by atoms with E-state index in [-0.39, 0.29) is 11.8 Å². The quantitative estimate of drug-likeness (QED) is 0.713. The number of halogens is 1. The molecule has 3 N–H and O–H groups in total. The summed E-state index contributed by atoms with van der Waals surface area (Å²) in [6.45, 7) is 1.94. The molecule has 2 aromatic rings. The fourth-order valence-electron chi connectivity index (χ4n) is 4.85. The van der Waals surface area contributed by atoms with Crippen molar-refractivity contribution in [3.8, 4) is 0 Å². The highest BCUT2D eigenvalue weighted by atomic mass is 35.5. The maximum Gasteiger partial charge on any atom is 0.488 e. The van der Waals surface area contributed by atoms with Crippen LogP contribution < -0.4 is 10.8 Å². The van der Waals surface area contributed by atoms with Crippen molar-refractivity contribution in [2.45, 2.75) is 44.4 Å². The van der Waals surface area contributed by atoms with Gasteiger partial charge in [0, 0.05) is 0 Å². The van der Waals surface area contributed by atoms with E-state index < -0.39 is 12.5 Å². The average Bonchev–Trinajstić information content (AvgIpc) is 2.99. The molecule has 4 nitrogen and oxygen atoms in total. The minimum Gasteiger partial charge on any atom is -0.423 e. The molecule has 1 saturated carbocycles. The molecule has 27 heavy (non-hydrogen) atoms. The van der Waals surface area contributed by atoms with Crippen LogP contribution in [-0.2, 0) is 10.2 Å². The first-order valence-electron chi connectivity index (χ1n) is 9.54. The average molecular weight is 384 g/mol. The van der Waals surface area contributed by atoms with Crippen LogP contribution in [0.15, 0.2) is 36.4 Å². The Balaban J connectivity index is 1.93. The molecule has 0 spiro atoms. The van der Waals surface area contributed by atoms with E-state index in [0.29, 0.717) is 10.5 Å². The van der Waals surface area contributed by atoms with Crippen molar-refractivity contribution in [2.24, 2.45) is 5.92 Å². The topological polar surface area (TPSA) is 69.6 Å². The number of carbonyl (C=O) groups is 1. The number of anilines is 1. The molecular formula is C21H23BClNO3. The summed E-state index contributed by atoms with van der Waals surface area (Å²) in [5.41, 5.74) is 3.11. The lowest BCUT2D eigenvalue weighted by molar-refractivity contribution is -0.121. The first-order chi connectivity index (χ1) is 13.0. The van der Waals surface area contributed by atoms with E-state index in [2.05, 4.69) is 5.32 Å². The summed E-state index contributed by atoms with van der Waals surface area (Å²) in [4.78, 5) is 13.5. The van der Waals surface area contributed by atoms with Gasteiger partial charge < -0.3 is 15.4 Å². The maximum atomic E-state index is 13.5. The number of benzene rings is 2. The van der Waals surface area contributed by atoms with Gasteiger partial charge in [0.1, 0.15) is 5.41 Å². The van der Waals surface area contributed by atoms with Gasteiger partial charge in [-0.25, -0.2) is 0 Å². The van der Waals surface area contributed by atoms with E-state index in [4.69, 9.17) is 11.6 Å². The summed E-state index contributed by atoms with van der Waals surface area (Å²) in [5, 5.41) is 22.5. The summed E-state index contributed by atoms with van der Waals surface area (Å²) in [7, 11) is -1.52. The number of hydrogen-bond acceptors (Lipinski definition) is 3. The predicted octanol–water partition coefficient (Wildman–Crippen LogP) is 3.15. The Hall–Kier alpha value is -1.82. The number of nitrogens with one attached hydrogen (secondary N) is 1. The molecule has 1 heterocycles. The molecule has 1 atom stereocenters. The number of aryl methyl sites for hydroxylation is 1. The second kappa shape index (κ2) is 6.97. The third-order valence-electron chi connectivity index (χ3n) is 6.24. The minimum atomic E-state index is -1.52. The van der Waals surface area contributed by atoms with E-state index in [1.807, 2.05) is 31.2 Å². The van der Waals surface area contributed by atoms with Crippen LogP contribution >= 0.6 is 11.6 Å². The standard InChI is InChI=1S/C21H23BClNO3/c1-13-7-12-17-19(18(13)23)24-20(25)21(17,14-5-3-2-4-6-14)15-8-10-16(11-9-15)22(26)27/h7-12,14,26-27H,2-6H2,1H3,(H,24,25). The molecule has 1 aliphatic carbocycles. The Kier molecular flexibility index (Phi) is 4.79. The van der Waals surface area contributed by atoms with Gasteiger partial charge in [-0.05, 0) is 47.8 Å². The van der Waals surface area contributed by atoms with Gasteiger partial charge in [0.15, 0.2) is 0 Å². The fourth-order valence-corrected chi connectivity index (χ4v) is 5.06. The van der Waals surface area contributed by atoms with E-state index in [1.54, 1.807) is 12.1 Å². The van der Waals surface area contributed by atoms with Crippen LogP contribution in [0, 0.1) is 12.8 Å². The highest BCUT2D eigenvalue weighted by Gasteiger charge is 2.54. The van der Waals surface area contributed by atoms with Crippen molar-refractivity contribution >= 4 is 35.8 Å². The van der Waals surface area contributed by atoms with Gasteiger partial charge >= 0.3 is 7.12 Å². The third kappa shape index (κ3) is 2.80. The second-order valence-corrected chi connectivity index (χ2v) is 8.09. The molecule has 0 radical (unpaired) electrons. The van der Waals surface area contributed by atoms with Crippen LogP contribution in [0.5, 0.6) is 0 Å². The Morgan fingerprint density at radius 1 is 1.07 bits per heavy atom. The Morgan fingerprint density at radius 3 is 2.37 bits per heavy atom. The number of fused-ring (bicyclic) bond motifs is 1. The van der Waals surface area contributed by atoms with Gasteiger partial charge in [0.25, 0.3) is 0 Å². The molecule has 6 heteroatoms. The van der Waals surface area contributed by atoms with E-state index >= 15 is 0 Å². The van der Waals surface area contributed by atoms with Crippen LogP contribution in [0.25, 0.3) is 0 Å². The van der Waals surface area contributed by atoms with Crippen molar-refractivity contribution in [3.63, 3.8) is 0 Å². The lowest BCUT2D eigenvalue weighted by atomic mass is 9.61. The minimum absolute atomic E-state index is 0.0332. The van der Waals surface area contributed by atoms with Gasteiger partial charge in [0.2, 0.25) is 5.91 Å². The van der Waals surface area contributed by atoms with Crippen LogP contribution in [0.3, 0.4) is 0 Å². The maximum absolute atomic E-state index is 13.5. The summed E-state index contributed by atoms with van der Waals surface area (Å²) >= 11 is 6.54. The molecule has 1 unspecified atom stereocenters.